The Morgan fingerprint density at radius 2 is 2.07 bits per heavy atom. The standard InChI is InChI=1S/C21H23N7O/c1-13(2)17-11-16(18-14(3)26-27(4)20(18)25-17)21(29)23-12-15-7-5-8-22-19(15)28-10-6-9-24-28/h5-11,13H,12H2,1-4H3,(H,23,29). The zero-order valence-corrected chi connectivity index (χ0v) is 16.9. The van der Waals surface area contributed by atoms with Crippen LogP contribution in [0.5, 0.6) is 0 Å². The Hall–Kier alpha value is -3.55. The lowest BCUT2D eigenvalue weighted by atomic mass is 10.0. The highest BCUT2D eigenvalue weighted by molar-refractivity contribution is 6.06. The summed E-state index contributed by atoms with van der Waals surface area (Å²) >= 11 is 0. The molecule has 0 saturated carbocycles. The Morgan fingerprint density at radius 1 is 1.24 bits per heavy atom. The second kappa shape index (κ2) is 7.46. The molecule has 0 spiro atoms. The third-order valence-electron chi connectivity index (χ3n) is 4.85. The molecule has 0 atom stereocenters. The van der Waals surface area contributed by atoms with Crippen LogP contribution in [0.25, 0.3) is 16.9 Å². The van der Waals surface area contributed by atoms with Gasteiger partial charge in [0.05, 0.1) is 16.6 Å². The summed E-state index contributed by atoms with van der Waals surface area (Å²) in [5.41, 5.74) is 3.84. The molecule has 0 saturated heterocycles. The lowest BCUT2D eigenvalue weighted by molar-refractivity contribution is 0.0952. The summed E-state index contributed by atoms with van der Waals surface area (Å²) in [5.74, 6) is 0.731. The molecule has 0 aromatic carbocycles. The zero-order chi connectivity index (χ0) is 20.5. The number of fused-ring (bicyclic) bond motifs is 1. The van der Waals surface area contributed by atoms with Gasteiger partial charge in [0, 0.05) is 43.4 Å². The van der Waals surface area contributed by atoms with Gasteiger partial charge in [0.25, 0.3) is 5.91 Å². The van der Waals surface area contributed by atoms with Crippen molar-refractivity contribution < 1.29 is 4.79 Å². The van der Waals surface area contributed by atoms with Gasteiger partial charge in [0.15, 0.2) is 11.5 Å². The summed E-state index contributed by atoms with van der Waals surface area (Å²) in [7, 11) is 1.85. The number of amides is 1. The Morgan fingerprint density at radius 3 is 2.79 bits per heavy atom. The first-order valence-electron chi connectivity index (χ1n) is 9.52. The first kappa shape index (κ1) is 18.8. The predicted octanol–water partition coefficient (Wildman–Crippen LogP) is 2.91. The van der Waals surface area contributed by atoms with Crippen LogP contribution in [-0.2, 0) is 13.6 Å². The number of carbonyl (C=O) groups excluding carboxylic acids is 1. The number of hydrogen-bond donors (Lipinski definition) is 1. The Balaban J connectivity index is 1.67. The topological polar surface area (TPSA) is 90.5 Å². The molecule has 0 unspecified atom stereocenters. The number of carbonyl (C=O) groups is 1. The van der Waals surface area contributed by atoms with Crippen LogP contribution in [0.15, 0.2) is 42.9 Å². The minimum atomic E-state index is -0.161. The van der Waals surface area contributed by atoms with E-state index in [0.717, 1.165) is 28.0 Å². The van der Waals surface area contributed by atoms with E-state index in [0.29, 0.717) is 17.9 Å². The molecular formula is C21H23N7O. The number of aryl methyl sites for hydroxylation is 2. The lowest BCUT2D eigenvalue weighted by Gasteiger charge is -2.12. The Bertz CT molecular complexity index is 1180. The smallest absolute Gasteiger partial charge is 0.252 e. The third-order valence-corrected chi connectivity index (χ3v) is 4.85. The van der Waals surface area contributed by atoms with Crippen molar-refractivity contribution in [1.82, 2.24) is 34.8 Å². The normalized spacial score (nSPS) is 11.3. The summed E-state index contributed by atoms with van der Waals surface area (Å²) in [6, 6.07) is 7.49. The molecule has 0 bridgehead atoms. The maximum absolute atomic E-state index is 13.1. The fraction of sp³-hybridized carbons (Fsp3) is 0.286. The van der Waals surface area contributed by atoms with Gasteiger partial charge < -0.3 is 5.32 Å². The maximum Gasteiger partial charge on any atom is 0.252 e. The Labute approximate surface area is 168 Å². The van der Waals surface area contributed by atoms with Gasteiger partial charge in [-0.3, -0.25) is 9.48 Å². The molecule has 8 heteroatoms. The molecule has 0 radical (unpaired) electrons. The van der Waals surface area contributed by atoms with Crippen molar-refractivity contribution in [3.8, 4) is 5.82 Å². The number of nitrogens with one attached hydrogen (secondary N) is 1. The van der Waals surface area contributed by atoms with E-state index in [-0.39, 0.29) is 11.8 Å². The van der Waals surface area contributed by atoms with Crippen molar-refractivity contribution in [2.45, 2.75) is 33.2 Å². The lowest BCUT2D eigenvalue weighted by Crippen LogP contribution is -2.24. The molecule has 0 aliphatic rings. The third kappa shape index (κ3) is 3.49. The van der Waals surface area contributed by atoms with Crippen molar-refractivity contribution in [3.05, 3.63) is 65.4 Å². The molecule has 0 aliphatic carbocycles. The van der Waals surface area contributed by atoms with Gasteiger partial charge in [0.2, 0.25) is 0 Å². The van der Waals surface area contributed by atoms with Gasteiger partial charge >= 0.3 is 0 Å². The monoisotopic (exact) mass is 389 g/mol. The van der Waals surface area contributed by atoms with Gasteiger partial charge in [-0.05, 0) is 31.0 Å². The maximum atomic E-state index is 13.1. The molecule has 8 nitrogen and oxygen atoms in total. The van der Waals surface area contributed by atoms with Gasteiger partial charge in [-0.1, -0.05) is 19.9 Å². The van der Waals surface area contributed by atoms with Crippen molar-refractivity contribution in [3.63, 3.8) is 0 Å². The predicted molar refractivity (Wildman–Crippen MR) is 110 cm³/mol. The SMILES string of the molecule is Cc1nn(C)c2nc(C(C)C)cc(C(=O)NCc3cccnc3-n3cccn3)c12. The van der Waals surface area contributed by atoms with Crippen LogP contribution in [0.2, 0.25) is 0 Å². The second-order valence-corrected chi connectivity index (χ2v) is 7.28. The van der Waals surface area contributed by atoms with E-state index in [9.17, 15) is 4.79 Å². The number of nitrogens with zero attached hydrogens (tertiary/aromatic N) is 6. The fourth-order valence-electron chi connectivity index (χ4n) is 3.38. The summed E-state index contributed by atoms with van der Waals surface area (Å²) in [6.45, 7) is 6.35. The molecule has 0 aliphatic heterocycles. The summed E-state index contributed by atoms with van der Waals surface area (Å²) < 4.78 is 3.42. The van der Waals surface area contributed by atoms with E-state index in [1.807, 2.05) is 44.4 Å². The van der Waals surface area contributed by atoms with E-state index in [1.54, 1.807) is 21.8 Å². The highest BCUT2D eigenvalue weighted by atomic mass is 16.1. The van der Waals surface area contributed by atoms with Gasteiger partial charge in [-0.15, -0.1) is 0 Å². The van der Waals surface area contributed by atoms with Crippen LogP contribution in [0.3, 0.4) is 0 Å². The zero-order valence-electron chi connectivity index (χ0n) is 16.9. The Kier molecular flexibility index (Phi) is 4.84. The van der Waals surface area contributed by atoms with Crippen LogP contribution in [0, 0.1) is 6.92 Å². The molecule has 4 aromatic rings. The van der Waals surface area contributed by atoms with E-state index in [4.69, 9.17) is 4.98 Å². The van der Waals surface area contributed by atoms with Crippen LogP contribution >= 0.6 is 0 Å². The van der Waals surface area contributed by atoms with Crippen LogP contribution in [-0.4, -0.2) is 35.4 Å². The van der Waals surface area contributed by atoms with Crippen molar-refractivity contribution in [2.75, 3.05) is 0 Å². The van der Waals surface area contributed by atoms with E-state index in [2.05, 4.69) is 34.3 Å². The molecule has 0 fully saturated rings. The van der Waals surface area contributed by atoms with Crippen LogP contribution < -0.4 is 5.32 Å². The second-order valence-electron chi connectivity index (χ2n) is 7.28. The molecule has 1 N–H and O–H groups in total. The summed E-state index contributed by atoms with van der Waals surface area (Å²) in [6.07, 6.45) is 5.24. The number of rotatable bonds is 5. The van der Waals surface area contributed by atoms with Gasteiger partial charge in [-0.2, -0.15) is 10.2 Å². The first-order chi connectivity index (χ1) is 14.0. The minimum Gasteiger partial charge on any atom is -0.348 e. The van der Waals surface area contributed by atoms with E-state index < -0.39 is 0 Å². The highest BCUT2D eigenvalue weighted by Crippen LogP contribution is 2.25. The average Bonchev–Trinajstić information content (AvgIpc) is 3.34. The largest absolute Gasteiger partial charge is 0.348 e. The quantitative estimate of drug-likeness (QED) is 0.567. The number of hydrogen-bond acceptors (Lipinski definition) is 5. The molecule has 4 aromatic heterocycles. The van der Waals surface area contributed by atoms with Crippen LogP contribution in [0.1, 0.15) is 47.1 Å². The van der Waals surface area contributed by atoms with Crippen molar-refractivity contribution in [2.24, 2.45) is 7.05 Å². The van der Waals surface area contributed by atoms with Crippen molar-refractivity contribution in [1.29, 1.82) is 0 Å². The molecule has 4 rings (SSSR count). The molecular weight excluding hydrogens is 366 g/mol. The number of aromatic nitrogens is 6. The van der Waals surface area contributed by atoms with E-state index in [1.165, 1.54) is 0 Å². The summed E-state index contributed by atoms with van der Waals surface area (Å²) in [5, 5.41) is 12.5. The molecule has 4 heterocycles. The van der Waals surface area contributed by atoms with Crippen LogP contribution in [0.4, 0.5) is 0 Å². The van der Waals surface area contributed by atoms with Gasteiger partial charge in [-0.25, -0.2) is 14.6 Å². The van der Waals surface area contributed by atoms with Crippen molar-refractivity contribution >= 4 is 16.9 Å². The molecule has 29 heavy (non-hydrogen) atoms. The first-order valence-corrected chi connectivity index (χ1v) is 9.52. The summed E-state index contributed by atoms with van der Waals surface area (Å²) in [4.78, 5) is 22.3. The minimum absolute atomic E-state index is 0.161. The van der Waals surface area contributed by atoms with E-state index >= 15 is 0 Å². The van der Waals surface area contributed by atoms with Gasteiger partial charge in [0.1, 0.15) is 0 Å². The molecule has 1 amide bonds. The number of pyridine rings is 2. The average molecular weight is 389 g/mol. The molecule has 148 valence electrons. The highest BCUT2D eigenvalue weighted by Gasteiger charge is 2.20. The fourth-order valence-corrected chi connectivity index (χ4v) is 3.38.